The zero-order valence-corrected chi connectivity index (χ0v) is 8.45. The highest BCUT2D eigenvalue weighted by Crippen LogP contribution is 2.03. The molecule has 0 radical (unpaired) electrons. The van der Waals surface area contributed by atoms with Crippen molar-refractivity contribution < 1.29 is 14.0 Å². The molecular formula is C8H15N3O3. The summed E-state index contributed by atoms with van der Waals surface area (Å²) in [6, 6.07) is 0.424. The maximum atomic E-state index is 4.92. The molecule has 80 valence electrons. The van der Waals surface area contributed by atoms with Crippen LogP contribution in [0.4, 0.5) is 6.01 Å². The number of hydrogen-bond acceptors (Lipinski definition) is 6. The van der Waals surface area contributed by atoms with Crippen LogP contribution in [-0.4, -0.2) is 44.1 Å². The van der Waals surface area contributed by atoms with Gasteiger partial charge in [-0.1, -0.05) is 5.16 Å². The Morgan fingerprint density at radius 2 is 2.07 bits per heavy atom. The molecule has 14 heavy (non-hydrogen) atoms. The van der Waals surface area contributed by atoms with E-state index < -0.39 is 0 Å². The van der Waals surface area contributed by atoms with Crippen LogP contribution in [-0.2, 0) is 15.9 Å². The molecule has 0 saturated carbocycles. The molecule has 0 atom stereocenters. The molecular weight excluding hydrogens is 186 g/mol. The molecule has 0 bridgehead atoms. The Hall–Kier alpha value is -1.14. The van der Waals surface area contributed by atoms with Gasteiger partial charge in [-0.25, -0.2) is 0 Å². The van der Waals surface area contributed by atoms with E-state index in [1.807, 2.05) is 0 Å². The first-order chi connectivity index (χ1) is 6.86. The normalized spacial score (nSPS) is 10.4. The second-order valence-corrected chi connectivity index (χ2v) is 2.68. The molecule has 0 aliphatic rings. The van der Waals surface area contributed by atoms with E-state index in [-0.39, 0.29) is 0 Å². The first-order valence-corrected chi connectivity index (χ1v) is 4.41. The van der Waals surface area contributed by atoms with Gasteiger partial charge in [0.15, 0.2) is 5.82 Å². The number of ether oxygens (including phenoxy) is 2. The molecule has 1 heterocycles. The minimum absolute atomic E-state index is 0.424. The van der Waals surface area contributed by atoms with Crippen LogP contribution in [0.3, 0.4) is 0 Å². The van der Waals surface area contributed by atoms with E-state index in [2.05, 4.69) is 15.5 Å². The Morgan fingerprint density at radius 3 is 2.79 bits per heavy atom. The maximum Gasteiger partial charge on any atom is 0.321 e. The van der Waals surface area contributed by atoms with Crippen molar-refractivity contribution in [2.75, 3.05) is 39.3 Å². The second kappa shape index (κ2) is 6.33. The third kappa shape index (κ3) is 3.71. The van der Waals surface area contributed by atoms with Crippen LogP contribution in [0, 0.1) is 0 Å². The number of rotatable bonds is 7. The van der Waals surface area contributed by atoms with Gasteiger partial charge in [-0.2, -0.15) is 4.98 Å². The average molecular weight is 201 g/mol. The first kappa shape index (κ1) is 10.9. The van der Waals surface area contributed by atoms with E-state index >= 15 is 0 Å². The Labute approximate surface area is 82.6 Å². The van der Waals surface area contributed by atoms with Crippen molar-refractivity contribution >= 4 is 6.01 Å². The van der Waals surface area contributed by atoms with Crippen LogP contribution in [0.15, 0.2) is 4.52 Å². The SMILES string of the molecule is COCCNc1nc(CCOC)no1. The van der Waals surface area contributed by atoms with Crippen LogP contribution < -0.4 is 5.32 Å². The van der Waals surface area contributed by atoms with Crippen molar-refractivity contribution in [1.29, 1.82) is 0 Å². The largest absolute Gasteiger partial charge is 0.384 e. The summed E-state index contributed by atoms with van der Waals surface area (Å²) in [5, 5.41) is 6.70. The summed E-state index contributed by atoms with van der Waals surface area (Å²) in [5.74, 6) is 0.645. The minimum atomic E-state index is 0.424. The molecule has 1 N–H and O–H groups in total. The lowest BCUT2D eigenvalue weighted by Gasteiger charge is -1.97. The van der Waals surface area contributed by atoms with E-state index in [9.17, 15) is 0 Å². The molecule has 0 fully saturated rings. The molecule has 0 aliphatic heterocycles. The fourth-order valence-corrected chi connectivity index (χ4v) is 0.881. The van der Waals surface area contributed by atoms with Crippen molar-refractivity contribution in [2.24, 2.45) is 0 Å². The molecule has 0 spiro atoms. The number of nitrogens with one attached hydrogen (secondary N) is 1. The molecule has 0 amide bonds. The Morgan fingerprint density at radius 1 is 1.29 bits per heavy atom. The lowest BCUT2D eigenvalue weighted by atomic mass is 10.4. The molecule has 6 heteroatoms. The summed E-state index contributed by atoms with van der Waals surface area (Å²) in [4.78, 5) is 4.10. The number of hydrogen-bond donors (Lipinski definition) is 1. The van der Waals surface area contributed by atoms with Gasteiger partial charge >= 0.3 is 6.01 Å². The summed E-state index contributed by atoms with van der Waals surface area (Å²) in [5.41, 5.74) is 0. The Bertz CT molecular complexity index is 252. The molecule has 0 unspecified atom stereocenters. The molecule has 1 rings (SSSR count). The minimum Gasteiger partial charge on any atom is -0.384 e. The highest BCUT2D eigenvalue weighted by Gasteiger charge is 2.04. The zero-order chi connectivity index (χ0) is 10.2. The molecule has 1 aromatic heterocycles. The Kier molecular flexibility index (Phi) is 4.95. The van der Waals surface area contributed by atoms with Gasteiger partial charge < -0.3 is 19.3 Å². The van der Waals surface area contributed by atoms with Gasteiger partial charge in [0.1, 0.15) is 0 Å². The lowest BCUT2D eigenvalue weighted by Crippen LogP contribution is -2.07. The smallest absolute Gasteiger partial charge is 0.321 e. The predicted octanol–water partition coefficient (Wildman–Crippen LogP) is 0.317. The highest BCUT2D eigenvalue weighted by atomic mass is 16.5. The van der Waals surface area contributed by atoms with Crippen molar-refractivity contribution in [3.05, 3.63) is 5.82 Å². The Balaban J connectivity index is 2.27. The summed E-state index contributed by atoms with van der Waals surface area (Å²) >= 11 is 0. The lowest BCUT2D eigenvalue weighted by molar-refractivity contribution is 0.199. The quantitative estimate of drug-likeness (QED) is 0.640. The average Bonchev–Trinajstić information content (AvgIpc) is 2.63. The summed E-state index contributed by atoms with van der Waals surface area (Å²) in [6.45, 7) is 1.86. The summed E-state index contributed by atoms with van der Waals surface area (Å²) in [6.07, 6.45) is 0.659. The van der Waals surface area contributed by atoms with Crippen molar-refractivity contribution in [3.63, 3.8) is 0 Å². The topological polar surface area (TPSA) is 69.4 Å². The molecule has 6 nitrogen and oxygen atoms in total. The second-order valence-electron chi connectivity index (χ2n) is 2.68. The third-order valence-corrected chi connectivity index (χ3v) is 1.58. The van der Waals surface area contributed by atoms with Crippen molar-refractivity contribution in [1.82, 2.24) is 10.1 Å². The van der Waals surface area contributed by atoms with Crippen LogP contribution >= 0.6 is 0 Å². The van der Waals surface area contributed by atoms with Crippen molar-refractivity contribution in [2.45, 2.75) is 6.42 Å². The standard InChI is InChI=1S/C8H15N3O3/c1-12-5-3-7-10-8(14-11-7)9-4-6-13-2/h3-6H2,1-2H3,(H,9,10,11). The zero-order valence-electron chi connectivity index (χ0n) is 8.45. The fourth-order valence-electron chi connectivity index (χ4n) is 0.881. The predicted molar refractivity (Wildman–Crippen MR) is 50.2 cm³/mol. The number of anilines is 1. The van der Waals surface area contributed by atoms with E-state index in [0.29, 0.717) is 38.0 Å². The van der Waals surface area contributed by atoms with E-state index in [1.54, 1.807) is 14.2 Å². The molecule has 1 aromatic rings. The van der Waals surface area contributed by atoms with Crippen LogP contribution in [0.1, 0.15) is 5.82 Å². The van der Waals surface area contributed by atoms with Gasteiger partial charge in [0.25, 0.3) is 0 Å². The maximum absolute atomic E-state index is 4.92. The first-order valence-electron chi connectivity index (χ1n) is 4.41. The summed E-state index contributed by atoms with van der Waals surface area (Å²) < 4.78 is 14.7. The van der Waals surface area contributed by atoms with Gasteiger partial charge in [-0.15, -0.1) is 0 Å². The molecule has 0 aromatic carbocycles. The monoisotopic (exact) mass is 201 g/mol. The summed E-state index contributed by atoms with van der Waals surface area (Å²) in [7, 11) is 3.28. The third-order valence-electron chi connectivity index (χ3n) is 1.58. The molecule has 0 aliphatic carbocycles. The number of methoxy groups -OCH3 is 2. The van der Waals surface area contributed by atoms with Gasteiger partial charge in [0.05, 0.1) is 13.2 Å². The van der Waals surface area contributed by atoms with Gasteiger partial charge in [0, 0.05) is 27.2 Å². The van der Waals surface area contributed by atoms with E-state index in [0.717, 1.165) is 0 Å². The van der Waals surface area contributed by atoms with Crippen LogP contribution in [0.2, 0.25) is 0 Å². The molecule has 0 saturated heterocycles. The van der Waals surface area contributed by atoms with Crippen molar-refractivity contribution in [3.8, 4) is 0 Å². The van der Waals surface area contributed by atoms with Gasteiger partial charge in [0.2, 0.25) is 0 Å². The number of aromatic nitrogens is 2. The highest BCUT2D eigenvalue weighted by molar-refractivity contribution is 5.17. The van der Waals surface area contributed by atoms with Crippen LogP contribution in [0.25, 0.3) is 0 Å². The van der Waals surface area contributed by atoms with E-state index in [4.69, 9.17) is 14.0 Å². The fraction of sp³-hybridized carbons (Fsp3) is 0.750. The van der Waals surface area contributed by atoms with Crippen LogP contribution in [0.5, 0.6) is 0 Å². The van der Waals surface area contributed by atoms with Gasteiger partial charge in [-0.05, 0) is 0 Å². The van der Waals surface area contributed by atoms with E-state index in [1.165, 1.54) is 0 Å². The van der Waals surface area contributed by atoms with Gasteiger partial charge in [-0.3, -0.25) is 0 Å². The number of nitrogens with zero attached hydrogens (tertiary/aromatic N) is 2.